The van der Waals surface area contributed by atoms with E-state index < -0.39 is 0 Å². The van der Waals surface area contributed by atoms with Crippen LogP contribution in [-0.2, 0) is 9.53 Å². The summed E-state index contributed by atoms with van der Waals surface area (Å²) in [6.07, 6.45) is 13.7. The first-order chi connectivity index (χ1) is 12.0. The largest absolute Gasteiger partial charge is 0.459 e. The van der Waals surface area contributed by atoms with Gasteiger partial charge in [-0.3, -0.25) is 4.79 Å². The molecule has 148 valence electrons. The van der Waals surface area contributed by atoms with Crippen molar-refractivity contribution in [2.24, 2.45) is 22.7 Å². The molecule has 0 aromatic heterocycles. The molecule has 1 saturated carbocycles. The van der Waals surface area contributed by atoms with Crippen molar-refractivity contribution >= 4 is 5.97 Å². The zero-order valence-corrected chi connectivity index (χ0v) is 18.2. The number of ether oxygens (including phenoxy) is 1. The van der Waals surface area contributed by atoms with Crippen molar-refractivity contribution in [3.63, 3.8) is 0 Å². The van der Waals surface area contributed by atoms with E-state index in [1.54, 1.807) is 0 Å². The van der Waals surface area contributed by atoms with Gasteiger partial charge in [-0.15, -0.1) is 0 Å². The molecule has 0 heterocycles. The second kappa shape index (κ2) is 7.90. The summed E-state index contributed by atoms with van der Waals surface area (Å²) in [4.78, 5) is 12.9. The van der Waals surface area contributed by atoms with Crippen molar-refractivity contribution in [1.29, 1.82) is 0 Å². The molecule has 0 N–H and O–H groups in total. The summed E-state index contributed by atoms with van der Waals surface area (Å²) in [5, 5.41) is 0. The Bertz CT molecular complexity index is 548. The predicted octanol–water partition coefficient (Wildman–Crippen LogP) is 6.85. The Morgan fingerprint density at radius 2 is 1.81 bits per heavy atom. The van der Waals surface area contributed by atoms with Crippen LogP contribution in [0, 0.1) is 22.7 Å². The van der Waals surface area contributed by atoms with Crippen LogP contribution in [0.3, 0.4) is 0 Å². The van der Waals surface area contributed by atoms with Gasteiger partial charge in [-0.1, -0.05) is 72.3 Å². The predicted molar refractivity (Wildman–Crippen MR) is 110 cm³/mol. The number of carbonyl (C=O) groups is 1. The molecule has 2 rings (SSSR count). The molecule has 0 radical (unpaired) electrons. The third-order valence-electron chi connectivity index (χ3n) is 6.20. The molecule has 2 aliphatic rings. The average molecular weight is 361 g/mol. The lowest BCUT2D eigenvalue weighted by Gasteiger charge is -2.39. The fourth-order valence-corrected chi connectivity index (χ4v) is 4.57. The Morgan fingerprint density at radius 1 is 1.19 bits per heavy atom. The second-order valence-corrected chi connectivity index (χ2v) is 10.8. The number of carbonyl (C=O) groups excluding carboxylic acids is 1. The van der Waals surface area contributed by atoms with Crippen LogP contribution in [0.4, 0.5) is 0 Å². The lowest BCUT2D eigenvalue weighted by molar-refractivity contribution is -0.163. The fourth-order valence-electron chi connectivity index (χ4n) is 4.57. The van der Waals surface area contributed by atoms with Crippen LogP contribution in [0.15, 0.2) is 23.8 Å². The highest BCUT2D eigenvalue weighted by Crippen LogP contribution is 2.44. The molecule has 0 aliphatic heterocycles. The van der Waals surface area contributed by atoms with Crippen LogP contribution < -0.4 is 0 Å². The van der Waals surface area contributed by atoms with Crippen molar-refractivity contribution < 1.29 is 9.53 Å². The van der Waals surface area contributed by atoms with Gasteiger partial charge < -0.3 is 4.74 Å². The molecular formula is C24H40O2. The maximum atomic E-state index is 12.9. The molecule has 2 nitrogen and oxygen atoms in total. The summed E-state index contributed by atoms with van der Waals surface area (Å²) in [6.45, 7) is 16.0. The monoisotopic (exact) mass is 360 g/mol. The van der Waals surface area contributed by atoms with E-state index in [9.17, 15) is 4.79 Å². The summed E-state index contributed by atoms with van der Waals surface area (Å²) in [5.41, 5.74) is 1.68. The van der Waals surface area contributed by atoms with Crippen LogP contribution in [0.2, 0.25) is 0 Å². The van der Waals surface area contributed by atoms with Crippen LogP contribution in [0.5, 0.6) is 0 Å². The van der Waals surface area contributed by atoms with Gasteiger partial charge in [-0.25, -0.2) is 0 Å². The summed E-state index contributed by atoms with van der Waals surface area (Å²) < 4.78 is 6.08. The molecule has 2 unspecified atom stereocenters. The molecule has 0 bridgehead atoms. The average Bonchev–Trinajstić information content (AvgIpc) is 3.00. The summed E-state index contributed by atoms with van der Waals surface area (Å²) in [7, 11) is 0. The Kier molecular flexibility index (Phi) is 6.46. The highest BCUT2D eigenvalue weighted by molar-refractivity contribution is 5.76. The van der Waals surface area contributed by atoms with Crippen molar-refractivity contribution in [2.45, 2.75) is 99.0 Å². The van der Waals surface area contributed by atoms with Gasteiger partial charge in [-0.05, 0) is 61.7 Å². The maximum absolute atomic E-state index is 12.9. The van der Waals surface area contributed by atoms with Gasteiger partial charge in [0.05, 0.1) is 5.92 Å². The minimum atomic E-state index is -0.193. The van der Waals surface area contributed by atoms with Gasteiger partial charge in [0.2, 0.25) is 0 Å². The Labute approximate surface area is 161 Å². The number of allylic oxidation sites excluding steroid dienone is 3. The van der Waals surface area contributed by atoms with E-state index in [4.69, 9.17) is 4.74 Å². The van der Waals surface area contributed by atoms with Gasteiger partial charge >= 0.3 is 5.97 Å². The van der Waals surface area contributed by atoms with E-state index in [0.717, 1.165) is 32.1 Å². The first kappa shape index (κ1) is 21.3. The maximum Gasteiger partial charge on any atom is 0.313 e. The fraction of sp³-hybridized carbons (Fsp3) is 0.792. The Hall–Kier alpha value is -1.05. The highest BCUT2D eigenvalue weighted by Gasteiger charge is 2.39. The molecule has 0 saturated heterocycles. The van der Waals surface area contributed by atoms with E-state index in [2.05, 4.69) is 60.6 Å². The molecule has 26 heavy (non-hydrogen) atoms. The van der Waals surface area contributed by atoms with Gasteiger partial charge in [0.1, 0.15) is 5.60 Å². The van der Waals surface area contributed by atoms with E-state index in [-0.39, 0.29) is 28.3 Å². The molecule has 0 amide bonds. The van der Waals surface area contributed by atoms with Crippen LogP contribution in [0.1, 0.15) is 93.4 Å². The van der Waals surface area contributed by atoms with Crippen molar-refractivity contribution in [1.82, 2.24) is 0 Å². The van der Waals surface area contributed by atoms with E-state index >= 15 is 0 Å². The lowest BCUT2D eigenvalue weighted by atomic mass is 9.66. The molecule has 2 heteroatoms. The van der Waals surface area contributed by atoms with E-state index in [1.807, 2.05) is 6.08 Å². The van der Waals surface area contributed by atoms with Crippen LogP contribution in [-0.4, -0.2) is 11.6 Å². The van der Waals surface area contributed by atoms with E-state index in [1.165, 1.54) is 18.4 Å². The molecule has 0 aromatic rings. The quantitative estimate of drug-likeness (QED) is 0.501. The summed E-state index contributed by atoms with van der Waals surface area (Å²) in [5.74, 6) is 0.345. The Morgan fingerprint density at radius 3 is 2.31 bits per heavy atom. The van der Waals surface area contributed by atoms with Crippen molar-refractivity contribution in [3.05, 3.63) is 23.8 Å². The smallest absolute Gasteiger partial charge is 0.313 e. The minimum absolute atomic E-state index is 0.0148. The second-order valence-electron chi connectivity index (χ2n) is 10.8. The van der Waals surface area contributed by atoms with Crippen molar-refractivity contribution in [3.8, 4) is 0 Å². The van der Waals surface area contributed by atoms with Gasteiger partial charge in [0.15, 0.2) is 0 Å². The standard InChI is InChI=1S/C24H40O2/c1-8-24(14-9-10-15-24)26-21(25)19-13-11-12-18(16-19)20(23(5,6)7)17-22(2,3)4/h11-13,19-20H,8-10,14-17H2,1-7H3. The third-order valence-corrected chi connectivity index (χ3v) is 6.20. The Balaban J connectivity index is 2.10. The highest BCUT2D eigenvalue weighted by atomic mass is 16.6. The summed E-state index contributed by atoms with van der Waals surface area (Å²) >= 11 is 0. The van der Waals surface area contributed by atoms with Gasteiger partial charge in [-0.2, -0.15) is 0 Å². The van der Waals surface area contributed by atoms with Gasteiger partial charge in [0, 0.05) is 0 Å². The topological polar surface area (TPSA) is 26.3 Å². The molecule has 0 aromatic carbocycles. The molecule has 1 fully saturated rings. The van der Waals surface area contributed by atoms with Crippen LogP contribution >= 0.6 is 0 Å². The number of hydrogen-bond acceptors (Lipinski definition) is 2. The molecule has 2 atom stereocenters. The number of hydrogen-bond donors (Lipinski definition) is 0. The zero-order chi connectivity index (χ0) is 19.6. The molecule has 2 aliphatic carbocycles. The first-order valence-electron chi connectivity index (χ1n) is 10.6. The van der Waals surface area contributed by atoms with Crippen molar-refractivity contribution in [2.75, 3.05) is 0 Å². The first-order valence-corrected chi connectivity index (χ1v) is 10.6. The SMILES string of the molecule is CCC1(OC(=O)C2C=CC=C(C(CC(C)(C)C)C(C)(C)C)C2)CCCC1. The number of rotatable bonds is 5. The normalized spacial score (nSPS) is 24.3. The number of esters is 1. The third kappa shape index (κ3) is 5.47. The van der Waals surface area contributed by atoms with E-state index in [0.29, 0.717) is 5.92 Å². The van der Waals surface area contributed by atoms with Crippen LogP contribution in [0.25, 0.3) is 0 Å². The van der Waals surface area contributed by atoms with Gasteiger partial charge in [0.25, 0.3) is 0 Å². The lowest BCUT2D eigenvalue weighted by Crippen LogP contribution is -2.35. The molecular weight excluding hydrogens is 320 g/mol. The zero-order valence-electron chi connectivity index (χ0n) is 18.2. The minimum Gasteiger partial charge on any atom is -0.459 e. The summed E-state index contributed by atoms with van der Waals surface area (Å²) in [6, 6.07) is 0. The molecule has 0 spiro atoms.